The Morgan fingerprint density at radius 2 is 1.45 bits per heavy atom. The molecular weight excluding hydrogens is 132 g/mol. The third-order valence-electron chi connectivity index (χ3n) is 1.06. The van der Waals surface area contributed by atoms with Crippen LogP contribution in [0.5, 0.6) is 0 Å². The molecule has 0 amide bonds. The fourth-order valence-corrected chi connectivity index (χ4v) is 0.136. The molecule has 0 unspecified atom stereocenters. The third-order valence-corrected chi connectivity index (χ3v) is 1.06. The van der Waals surface area contributed by atoms with Gasteiger partial charge in [-0.05, 0) is 20.8 Å². The molecule has 0 aliphatic carbocycles. The van der Waals surface area contributed by atoms with Crippen LogP contribution >= 0.6 is 0 Å². The smallest absolute Gasteiger partial charge is 0.0401 e. The van der Waals surface area contributed by atoms with Crippen molar-refractivity contribution < 1.29 is 0 Å². The van der Waals surface area contributed by atoms with Gasteiger partial charge in [0.15, 0.2) is 0 Å². The molecule has 0 radical (unpaired) electrons. The van der Waals surface area contributed by atoms with Gasteiger partial charge in [-0.2, -0.15) is 0 Å². The van der Waals surface area contributed by atoms with Crippen LogP contribution < -0.4 is 0 Å². The largest absolute Gasteiger partial charge is 0.0991 e. The summed E-state index contributed by atoms with van der Waals surface area (Å²) in [6.45, 7) is 16.6. The van der Waals surface area contributed by atoms with Gasteiger partial charge in [-0.25, -0.2) is 0 Å². The minimum Gasteiger partial charge on any atom is -0.0991 e. The average molecular weight is 150 g/mol. The van der Waals surface area contributed by atoms with Gasteiger partial charge in [-0.15, -0.1) is 0 Å². The van der Waals surface area contributed by atoms with Crippen molar-refractivity contribution in [2.24, 2.45) is 0 Å². The van der Waals surface area contributed by atoms with Crippen molar-refractivity contribution in [3.05, 3.63) is 49.1 Å². The summed E-state index contributed by atoms with van der Waals surface area (Å²) in [6.07, 6.45) is 5.58. The Bertz CT molecular complexity index is 147. The Balaban J connectivity index is 0. The summed E-state index contributed by atoms with van der Waals surface area (Å²) < 4.78 is 0. The van der Waals surface area contributed by atoms with Gasteiger partial charge < -0.3 is 0 Å². The van der Waals surface area contributed by atoms with E-state index in [2.05, 4.69) is 19.7 Å². The van der Waals surface area contributed by atoms with Crippen molar-refractivity contribution in [2.75, 3.05) is 0 Å². The van der Waals surface area contributed by atoms with E-state index >= 15 is 0 Å². The first kappa shape index (κ1) is 12.6. The van der Waals surface area contributed by atoms with E-state index in [0.717, 1.165) is 11.1 Å². The van der Waals surface area contributed by atoms with Crippen LogP contribution in [0.1, 0.15) is 20.8 Å². The molecule has 0 bridgehead atoms. The van der Waals surface area contributed by atoms with Crippen molar-refractivity contribution in [1.29, 1.82) is 0 Å². The van der Waals surface area contributed by atoms with Gasteiger partial charge in [0, 0.05) is 0 Å². The highest BCUT2D eigenvalue weighted by molar-refractivity contribution is 5.19. The summed E-state index contributed by atoms with van der Waals surface area (Å²) in [5.74, 6) is 0. The molecular formula is C11H18. The van der Waals surface area contributed by atoms with Crippen LogP contribution in [0, 0.1) is 0 Å². The molecule has 11 heavy (non-hydrogen) atoms. The summed E-state index contributed by atoms with van der Waals surface area (Å²) >= 11 is 0. The van der Waals surface area contributed by atoms with E-state index in [9.17, 15) is 0 Å². The lowest BCUT2D eigenvalue weighted by Gasteiger charge is -1.88. The first-order valence-electron chi connectivity index (χ1n) is 3.61. The molecule has 0 saturated heterocycles. The highest BCUT2D eigenvalue weighted by Gasteiger charge is 1.77. The summed E-state index contributed by atoms with van der Waals surface area (Å²) in [7, 11) is 0. The van der Waals surface area contributed by atoms with Crippen molar-refractivity contribution in [3.8, 4) is 0 Å². The molecule has 0 aromatic heterocycles. The van der Waals surface area contributed by atoms with E-state index in [0.29, 0.717) is 0 Å². The summed E-state index contributed by atoms with van der Waals surface area (Å²) in [4.78, 5) is 0. The zero-order valence-electron chi connectivity index (χ0n) is 7.85. The lowest BCUT2D eigenvalue weighted by atomic mass is 10.2. The predicted octanol–water partition coefficient (Wildman–Crippen LogP) is 3.89. The normalized spacial score (nSPS) is 8.27. The predicted molar refractivity (Wildman–Crippen MR) is 54.6 cm³/mol. The van der Waals surface area contributed by atoms with Crippen LogP contribution in [0.4, 0.5) is 0 Å². The van der Waals surface area contributed by atoms with Crippen molar-refractivity contribution >= 4 is 0 Å². The molecule has 0 heterocycles. The van der Waals surface area contributed by atoms with Crippen LogP contribution in [-0.2, 0) is 0 Å². The second-order valence-corrected chi connectivity index (χ2v) is 2.32. The number of allylic oxidation sites excluding steroid dienone is 5. The zero-order chi connectivity index (χ0) is 9.28. The van der Waals surface area contributed by atoms with E-state index in [4.69, 9.17) is 0 Å². The van der Waals surface area contributed by atoms with Crippen LogP contribution in [0.3, 0.4) is 0 Å². The fourth-order valence-electron chi connectivity index (χ4n) is 0.136. The third kappa shape index (κ3) is 17.6. The number of rotatable bonds is 2. The number of hydrogen-bond donors (Lipinski definition) is 0. The summed E-state index contributed by atoms with van der Waals surface area (Å²) in [5, 5.41) is 0. The Morgan fingerprint density at radius 1 is 1.09 bits per heavy atom. The number of hydrogen-bond acceptors (Lipinski definition) is 0. The van der Waals surface area contributed by atoms with Gasteiger partial charge in [0.1, 0.15) is 0 Å². The first-order chi connectivity index (χ1) is 5.06. The maximum atomic E-state index is 3.66. The fraction of sp³-hybridized carbons (Fsp3) is 0.273. The highest BCUT2D eigenvalue weighted by atomic mass is 13.8. The Labute approximate surface area is 70.6 Å². The Kier molecular flexibility index (Phi) is 10.3. The molecule has 0 rings (SSSR count). The lowest BCUT2D eigenvalue weighted by Crippen LogP contribution is -1.67. The molecule has 0 aromatic carbocycles. The van der Waals surface area contributed by atoms with E-state index < -0.39 is 0 Å². The van der Waals surface area contributed by atoms with Crippen LogP contribution in [-0.4, -0.2) is 0 Å². The first-order valence-corrected chi connectivity index (χ1v) is 3.61. The highest BCUT2D eigenvalue weighted by Crippen LogP contribution is 1.98. The van der Waals surface area contributed by atoms with Crippen molar-refractivity contribution in [2.45, 2.75) is 20.8 Å². The van der Waals surface area contributed by atoms with Crippen molar-refractivity contribution in [1.82, 2.24) is 0 Å². The quantitative estimate of drug-likeness (QED) is 0.524. The Hall–Kier alpha value is -1.04. The molecule has 0 N–H and O–H groups in total. The monoisotopic (exact) mass is 150 g/mol. The second kappa shape index (κ2) is 8.96. The van der Waals surface area contributed by atoms with E-state index in [1.54, 1.807) is 6.08 Å². The van der Waals surface area contributed by atoms with Crippen LogP contribution in [0.2, 0.25) is 0 Å². The van der Waals surface area contributed by atoms with Gasteiger partial charge in [0.25, 0.3) is 0 Å². The molecule has 0 spiro atoms. The maximum absolute atomic E-state index is 3.66. The second-order valence-electron chi connectivity index (χ2n) is 2.32. The molecule has 0 heteroatoms. The maximum Gasteiger partial charge on any atom is -0.0401 e. The molecule has 0 aliphatic rings. The molecule has 0 aromatic rings. The topological polar surface area (TPSA) is 0 Å². The van der Waals surface area contributed by atoms with Gasteiger partial charge in [0.05, 0.1) is 0 Å². The molecule has 0 saturated carbocycles. The molecule has 0 nitrogen and oxygen atoms in total. The zero-order valence-corrected chi connectivity index (χ0v) is 7.85. The Morgan fingerprint density at radius 3 is 1.45 bits per heavy atom. The molecule has 0 aliphatic heterocycles. The van der Waals surface area contributed by atoms with Gasteiger partial charge in [-0.3, -0.25) is 0 Å². The van der Waals surface area contributed by atoms with E-state index in [-0.39, 0.29) is 0 Å². The summed E-state index contributed by atoms with van der Waals surface area (Å²) in [5.41, 5.74) is 2.13. The van der Waals surface area contributed by atoms with Gasteiger partial charge in [0.2, 0.25) is 0 Å². The molecule has 0 atom stereocenters. The van der Waals surface area contributed by atoms with Crippen LogP contribution in [0.25, 0.3) is 0 Å². The minimum absolute atomic E-state index is 1.06. The molecule has 0 fully saturated rings. The van der Waals surface area contributed by atoms with Gasteiger partial charge in [-0.1, -0.05) is 49.1 Å². The van der Waals surface area contributed by atoms with Crippen LogP contribution in [0.15, 0.2) is 49.1 Å². The standard InChI is InChI=1S/C6H10.C5H8/c1-5(2)6(3)4;1-3-5-4-2/h1,3H2,2,4H3;3-5H,1H2,2H3/b;5-4+. The minimum atomic E-state index is 1.06. The molecule has 62 valence electrons. The SMILES string of the molecule is C=C(C)C(=C)C.C=C/C=C/C. The average Bonchev–Trinajstić information content (AvgIpc) is 1.90. The lowest BCUT2D eigenvalue weighted by molar-refractivity contribution is 1.39. The van der Waals surface area contributed by atoms with Crippen molar-refractivity contribution in [3.63, 3.8) is 0 Å². The van der Waals surface area contributed by atoms with Gasteiger partial charge >= 0.3 is 0 Å². The van der Waals surface area contributed by atoms with E-state index in [1.165, 1.54) is 0 Å². The summed E-state index contributed by atoms with van der Waals surface area (Å²) in [6, 6.07) is 0. The van der Waals surface area contributed by atoms with E-state index in [1.807, 2.05) is 32.9 Å².